The maximum absolute atomic E-state index is 11.4. The van der Waals surface area contributed by atoms with Crippen LogP contribution < -0.4 is 0 Å². The number of aliphatic hydroxyl groups excluding tert-OH is 2. The Morgan fingerprint density at radius 3 is 2.59 bits per heavy atom. The van der Waals surface area contributed by atoms with Crippen LogP contribution in [0.25, 0.3) is 0 Å². The number of fused-ring (bicyclic) bond motifs is 1. The second-order valence-electron chi connectivity index (χ2n) is 12.1. The summed E-state index contributed by atoms with van der Waals surface area (Å²) >= 11 is 0. The van der Waals surface area contributed by atoms with Gasteiger partial charge in [-0.1, -0.05) is 44.9 Å². The summed E-state index contributed by atoms with van der Waals surface area (Å²) in [4.78, 5) is 11.4. The first-order chi connectivity index (χ1) is 15.7. The molecule has 6 nitrogen and oxygen atoms in total. The second-order valence-corrected chi connectivity index (χ2v) is 12.1. The Morgan fingerprint density at radius 1 is 1.29 bits per heavy atom. The number of allylic oxidation sites excluding steroid dienone is 2. The molecule has 6 heteroatoms. The van der Waals surface area contributed by atoms with Crippen LogP contribution in [0.4, 0.5) is 0 Å². The lowest BCUT2D eigenvalue weighted by molar-refractivity contribution is -0.314. The molecule has 1 heterocycles. The zero-order chi connectivity index (χ0) is 25.5. The van der Waals surface area contributed by atoms with Gasteiger partial charge in [0.05, 0.1) is 11.7 Å². The summed E-state index contributed by atoms with van der Waals surface area (Å²) in [6, 6.07) is 0. The first-order valence-electron chi connectivity index (χ1n) is 12.9. The lowest BCUT2D eigenvalue weighted by Crippen LogP contribution is -2.60. The predicted molar refractivity (Wildman–Crippen MR) is 132 cm³/mol. The molecule has 0 aromatic carbocycles. The van der Waals surface area contributed by atoms with E-state index in [4.69, 9.17) is 14.2 Å². The molecule has 2 aliphatic carbocycles. The average Bonchev–Trinajstić information content (AvgIpc) is 2.73. The lowest BCUT2D eigenvalue weighted by Gasteiger charge is -2.57. The van der Waals surface area contributed by atoms with Gasteiger partial charge in [0.2, 0.25) is 0 Å². The van der Waals surface area contributed by atoms with Gasteiger partial charge in [-0.3, -0.25) is 4.79 Å². The Hall–Kier alpha value is -1.21. The summed E-state index contributed by atoms with van der Waals surface area (Å²) in [5, 5.41) is 21.2. The van der Waals surface area contributed by atoms with Crippen molar-refractivity contribution in [3.8, 4) is 0 Å². The van der Waals surface area contributed by atoms with Gasteiger partial charge in [0.1, 0.15) is 12.2 Å². The third kappa shape index (κ3) is 5.30. The number of hydrogen-bond donors (Lipinski definition) is 2. The minimum absolute atomic E-state index is 0.255. The normalized spacial score (nSPS) is 41.6. The van der Waals surface area contributed by atoms with Crippen molar-refractivity contribution in [2.45, 2.75) is 123 Å². The van der Waals surface area contributed by atoms with Crippen LogP contribution in [0.5, 0.6) is 0 Å². The lowest BCUT2D eigenvalue weighted by atomic mass is 9.48. The number of hydrogen-bond acceptors (Lipinski definition) is 6. The number of carbonyl (C=O) groups excluding carboxylic acids is 1. The van der Waals surface area contributed by atoms with Gasteiger partial charge in [0, 0.05) is 6.92 Å². The van der Waals surface area contributed by atoms with E-state index in [1.54, 1.807) is 13.0 Å². The van der Waals surface area contributed by atoms with Crippen molar-refractivity contribution in [2.24, 2.45) is 22.7 Å². The average molecular weight is 479 g/mol. The van der Waals surface area contributed by atoms with Gasteiger partial charge < -0.3 is 24.4 Å². The Balaban J connectivity index is 1.72. The first kappa shape index (κ1) is 27.4. The molecule has 3 aliphatic rings. The third-order valence-electron chi connectivity index (χ3n) is 9.12. The fourth-order valence-electron chi connectivity index (χ4n) is 7.06. The van der Waals surface area contributed by atoms with Crippen LogP contribution in [0.2, 0.25) is 0 Å². The van der Waals surface area contributed by atoms with Crippen molar-refractivity contribution < 1.29 is 29.2 Å². The molecule has 3 rings (SSSR count). The van der Waals surface area contributed by atoms with E-state index in [-0.39, 0.29) is 5.41 Å². The van der Waals surface area contributed by atoms with E-state index in [1.807, 2.05) is 6.92 Å². The number of esters is 1. The van der Waals surface area contributed by atoms with Crippen molar-refractivity contribution in [1.29, 1.82) is 0 Å². The van der Waals surface area contributed by atoms with Crippen molar-refractivity contribution >= 4 is 5.97 Å². The molecular weight excluding hydrogens is 432 g/mol. The fourth-order valence-corrected chi connectivity index (χ4v) is 7.06. The van der Waals surface area contributed by atoms with Crippen LogP contribution in [-0.2, 0) is 19.0 Å². The Labute approximate surface area is 205 Å². The van der Waals surface area contributed by atoms with Gasteiger partial charge >= 0.3 is 5.97 Å². The Bertz CT molecular complexity index is 790. The van der Waals surface area contributed by atoms with Gasteiger partial charge in [-0.15, -0.1) is 6.58 Å². The molecule has 0 amide bonds. The quantitative estimate of drug-likeness (QED) is 0.399. The zero-order valence-corrected chi connectivity index (χ0v) is 22.2. The Kier molecular flexibility index (Phi) is 8.08. The van der Waals surface area contributed by atoms with Crippen LogP contribution >= 0.6 is 0 Å². The SMILES string of the molecule is C=C[C@@](C)(CC[C@H]1C(C)=CC[C@H]2C(C)(C)CCC[C@]12C)O[C@@H]1O[C@@H](C)[C@H](OC(C)=O)[C@@H](O)[C@H]1O. The number of carbonyl (C=O) groups is 1. The van der Waals surface area contributed by atoms with E-state index in [9.17, 15) is 15.0 Å². The smallest absolute Gasteiger partial charge is 0.303 e. The van der Waals surface area contributed by atoms with Crippen molar-refractivity contribution in [3.63, 3.8) is 0 Å². The largest absolute Gasteiger partial charge is 0.457 e. The van der Waals surface area contributed by atoms with E-state index in [1.165, 1.54) is 31.8 Å². The molecule has 2 N–H and O–H groups in total. The maximum atomic E-state index is 11.4. The minimum Gasteiger partial charge on any atom is -0.457 e. The minimum atomic E-state index is -1.34. The molecule has 34 heavy (non-hydrogen) atoms. The second kappa shape index (κ2) is 10.0. The van der Waals surface area contributed by atoms with Gasteiger partial charge in [-0.2, -0.15) is 0 Å². The molecule has 0 aromatic heterocycles. The molecule has 0 unspecified atom stereocenters. The van der Waals surface area contributed by atoms with Crippen molar-refractivity contribution in [3.05, 3.63) is 24.3 Å². The molecule has 0 spiro atoms. The molecule has 0 bridgehead atoms. The van der Waals surface area contributed by atoms with Gasteiger partial charge in [0.25, 0.3) is 0 Å². The van der Waals surface area contributed by atoms with Gasteiger partial charge in [-0.05, 0) is 75.5 Å². The number of aliphatic hydroxyl groups is 2. The summed E-state index contributed by atoms with van der Waals surface area (Å²) < 4.78 is 17.3. The highest BCUT2D eigenvalue weighted by Gasteiger charge is 2.52. The van der Waals surface area contributed by atoms with E-state index in [0.717, 1.165) is 19.3 Å². The van der Waals surface area contributed by atoms with Crippen LogP contribution in [0.3, 0.4) is 0 Å². The molecule has 1 saturated heterocycles. The summed E-state index contributed by atoms with van der Waals surface area (Å²) in [5.74, 6) is 0.593. The van der Waals surface area contributed by atoms with E-state index in [0.29, 0.717) is 17.3 Å². The fraction of sp³-hybridized carbons (Fsp3) is 0.821. The summed E-state index contributed by atoms with van der Waals surface area (Å²) in [7, 11) is 0. The first-order valence-corrected chi connectivity index (χ1v) is 12.9. The third-order valence-corrected chi connectivity index (χ3v) is 9.12. The van der Waals surface area contributed by atoms with Gasteiger partial charge in [0.15, 0.2) is 12.4 Å². The molecule has 1 saturated carbocycles. The highest BCUT2D eigenvalue weighted by atomic mass is 16.7. The van der Waals surface area contributed by atoms with Crippen LogP contribution in [-0.4, -0.2) is 52.5 Å². The molecule has 194 valence electrons. The van der Waals surface area contributed by atoms with Gasteiger partial charge in [-0.25, -0.2) is 0 Å². The predicted octanol–water partition coefficient (Wildman–Crippen LogP) is 4.93. The van der Waals surface area contributed by atoms with Crippen molar-refractivity contribution in [1.82, 2.24) is 0 Å². The van der Waals surface area contributed by atoms with Crippen LogP contribution in [0.1, 0.15) is 87.0 Å². The highest BCUT2D eigenvalue weighted by molar-refractivity contribution is 5.66. The molecule has 1 aliphatic heterocycles. The molecular formula is C28H46O6. The molecule has 9 atom stereocenters. The monoisotopic (exact) mass is 478 g/mol. The maximum Gasteiger partial charge on any atom is 0.303 e. The number of rotatable bonds is 7. The molecule has 0 radical (unpaired) electrons. The number of ether oxygens (including phenoxy) is 3. The Morgan fingerprint density at radius 2 is 1.97 bits per heavy atom. The zero-order valence-electron chi connectivity index (χ0n) is 22.2. The van der Waals surface area contributed by atoms with E-state index >= 15 is 0 Å². The summed E-state index contributed by atoms with van der Waals surface area (Å²) in [6.07, 6.45) is 5.60. The summed E-state index contributed by atoms with van der Waals surface area (Å²) in [5.41, 5.74) is 1.31. The van der Waals surface area contributed by atoms with Crippen molar-refractivity contribution in [2.75, 3.05) is 0 Å². The highest BCUT2D eigenvalue weighted by Crippen LogP contribution is 2.60. The van der Waals surface area contributed by atoms with E-state index < -0.39 is 42.3 Å². The van der Waals surface area contributed by atoms with E-state index in [2.05, 4.69) is 40.3 Å². The standard InChI is InChI=1S/C28H46O6/c1-9-27(7,34-25-23(31)22(30)24(18(3)32-25)33-19(4)29)16-13-20-17(2)11-12-21-26(5,6)14-10-15-28(20,21)8/h9,11,18,20-25,30-31H,1,10,12-16H2,2-8H3/t18-,20-,21-,22-,23+,24-,25-,27-,28+/m0/s1. The van der Waals surface area contributed by atoms with Crippen LogP contribution in [0.15, 0.2) is 24.3 Å². The molecule has 0 aromatic rings. The molecule has 2 fully saturated rings. The summed E-state index contributed by atoms with van der Waals surface area (Å²) in [6.45, 7) is 18.5. The topological polar surface area (TPSA) is 85.2 Å². The van der Waals surface area contributed by atoms with Crippen LogP contribution in [0, 0.1) is 22.7 Å².